The fourth-order valence-corrected chi connectivity index (χ4v) is 1.85. The average Bonchev–Trinajstić information content (AvgIpc) is 2.21. The summed E-state index contributed by atoms with van der Waals surface area (Å²) in [7, 11) is 0. The van der Waals surface area contributed by atoms with Crippen molar-refractivity contribution in [2.45, 2.75) is 45.1 Å². The van der Waals surface area contributed by atoms with Gasteiger partial charge >= 0.3 is 0 Å². The molecule has 14 heavy (non-hydrogen) atoms. The number of aliphatic hydroxyl groups is 1. The fraction of sp³-hybridized carbons (Fsp3) is 0.909. The maximum Gasteiger partial charge on any atom is 0.135 e. The standard InChI is InChI=1S/C11H21NO2/c1-3-11(14,4-2)9-12-7-5-10(13)6-8-12/h14H,3-9H2,1-2H3. The molecule has 0 atom stereocenters. The number of nitrogens with zero attached hydrogens (tertiary/aromatic N) is 1. The normalized spacial score (nSPS) is 20.1. The molecule has 0 aromatic heterocycles. The summed E-state index contributed by atoms with van der Waals surface area (Å²) >= 11 is 0. The van der Waals surface area contributed by atoms with Crippen LogP contribution in [0.25, 0.3) is 0 Å². The van der Waals surface area contributed by atoms with Crippen molar-refractivity contribution in [3.8, 4) is 0 Å². The number of Topliss-reactive ketones (excluding diaryl/α,β-unsaturated/α-hetero) is 1. The molecule has 0 bridgehead atoms. The highest BCUT2D eigenvalue weighted by atomic mass is 16.3. The van der Waals surface area contributed by atoms with E-state index in [0.717, 1.165) is 25.9 Å². The van der Waals surface area contributed by atoms with Gasteiger partial charge in [-0.1, -0.05) is 13.8 Å². The van der Waals surface area contributed by atoms with Gasteiger partial charge in [0.2, 0.25) is 0 Å². The van der Waals surface area contributed by atoms with Crippen LogP contribution in [0.15, 0.2) is 0 Å². The van der Waals surface area contributed by atoms with Gasteiger partial charge in [-0.25, -0.2) is 0 Å². The molecule has 3 heteroatoms. The third kappa shape index (κ3) is 3.07. The van der Waals surface area contributed by atoms with Gasteiger partial charge in [-0.15, -0.1) is 0 Å². The van der Waals surface area contributed by atoms with Crippen LogP contribution in [0.3, 0.4) is 0 Å². The summed E-state index contributed by atoms with van der Waals surface area (Å²) in [4.78, 5) is 13.2. The van der Waals surface area contributed by atoms with Crippen LogP contribution in [0.4, 0.5) is 0 Å². The molecule has 0 aliphatic carbocycles. The van der Waals surface area contributed by atoms with Gasteiger partial charge in [0.1, 0.15) is 5.78 Å². The number of carbonyl (C=O) groups is 1. The third-order valence-corrected chi connectivity index (χ3v) is 3.25. The van der Waals surface area contributed by atoms with Crippen LogP contribution < -0.4 is 0 Å². The summed E-state index contributed by atoms with van der Waals surface area (Å²) in [5.41, 5.74) is -0.555. The van der Waals surface area contributed by atoms with Crippen molar-refractivity contribution in [1.82, 2.24) is 4.90 Å². The van der Waals surface area contributed by atoms with Crippen LogP contribution in [0.1, 0.15) is 39.5 Å². The smallest absolute Gasteiger partial charge is 0.135 e. The Morgan fingerprint density at radius 3 is 2.21 bits per heavy atom. The molecule has 0 amide bonds. The summed E-state index contributed by atoms with van der Waals surface area (Å²) in [6.45, 7) is 6.38. The number of β-amino-alcohol motifs (C(OH)–C–C–N with tert-alkyl or cyclic N) is 1. The molecule has 0 unspecified atom stereocenters. The molecule has 1 aliphatic rings. The van der Waals surface area contributed by atoms with E-state index in [1.165, 1.54) is 0 Å². The van der Waals surface area contributed by atoms with Crippen molar-refractivity contribution < 1.29 is 9.90 Å². The van der Waals surface area contributed by atoms with Crippen molar-refractivity contribution in [1.29, 1.82) is 0 Å². The largest absolute Gasteiger partial charge is 0.389 e. The van der Waals surface area contributed by atoms with Gasteiger partial charge < -0.3 is 5.11 Å². The average molecular weight is 199 g/mol. The number of hydrogen-bond acceptors (Lipinski definition) is 3. The maximum atomic E-state index is 11.0. The highest BCUT2D eigenvalue weighted by molar-refractivity contribution is 5.79. The van der Waals surface area contributed by atoms with Crippen molar-refractivity contribution >= 4 is 5.78 Å². The Hall–Kier alpha value is -0.410. The van der Waals surface area contributed by atoms with Crippen molar-refractivity contribution in [3.05, 3.63) is 0 Å². The van der Waals surface area contributed by atoms with E-state index in [0.29, 0.717) is 25.2 Å². The molecule has 82 valence electrons. The van der Waals surface area contributed by atoms with E-state index >= 15 is 0 Å². The molecule has 1 fully saturated rings. The Bertz CT molecular complexity index is 189. The number of ketones is 1. The highest BCUT2D eigenvalue weighted by Gasteiger charge is 2.27. The number of likely N-dealkylation sites (tertiary alicyclic amines) is 1. The molecule has 3 nitrogen and oxygen atoms in total. The first-order valence-corrected chi connectivity index (χ1v) is 5.56. The topological polar surface area (TPSA) is 40.5 Å². The first kappa shape index (κ1) is 11.7. The molecule has 1 rings (SSSR count). The van der Waals surface area contributed by atoms with Gasteiger partial charge in [0.15, 0.2) is 0 Å². The number of piperidine rings is 1. The number of rotatable bonds is 4. The van der Waals surface area contributed by atoms with Gasteiger partial charge in [0.25, 0.3) is 0 Å². The zero-order chi connectivity index (χ0) is 10.6. The van der Waals surface area contributed by atoms with E-state index in [9.17, 15) is 9.90 Å². The van der Waals surface area contributed by atoms with Crippen LogP contribution >= 0.6 is 0 Å². The molecule has 0 radical (unpaired) electrons. The Kier molecular flexibility index (Phi) is 4.08. The number of carbonyl (C=O) groups excluding carboxylic acids is 1. The SMILES string of the molecule is CCC(O)(CC)CN1CCC(=O)CC1. The lowest BCUT2D eigenvalue weighted by atomic mass is 9.95. The third-order valence-electron chi connectivity index (χ3n) is 3.25. The molecule has 0 aromatic rings. The van der Waals surface area contributed by atoms with Gasteiger partial charge in [0.05, 0.1) is 5.60 Å². The van der Waals surface area contributed by atoms with Crippen LogP contribution in [0.2, 0.25) is 0 Å². The molecule has 0 spiro atoms. The van der Waals surface area contributed by atoms with Crippen LogP contribution in [0, 0.1) is 0 Å². The van der Waals surface area contributed by atoms with Crippen LogP contribution in [-0.4, -0.2) is 41.0 Å². The predicted molar refractivity (Wildman–Crippen MR) is 56.2 cm³/mol. The van der Waals surface area contributed by atoms with E-state index in [4.69, 9.17) is 0 Å². The van der Waals surface area contributed by atoms with E-state index in [-0.39, 0.29) is 0 Å². The lowest BCUT2D eigenvalue weighted by Gasteiger charge is -2.34. The van der Waals surface area contributed by atoms with Crippen molar-refractivity contribution in [2.75, 3.05) is 19.6 Å². The van der Waals surface area contributed by atoms with Gasteiger partial charge in [0, 0.05) is 32.5 Å². The van der Waals surface area contributed by atoms with E-state index < -0.39 is 5.60 Å². The molecule has 0 saturated carbocycles. The summed E-state index contributed by atoms with van der Waals surface area (Å²) in [6, 6.07) is 0. The van der Waals surface area contributed by atoms with Gasteiger partial charge in [-0.05, 0) is 12.8 Å². The minimum atomic E-state index is -0.555. The molecule has 1 heterocycles. The molecule has 1 N–H and O–H groups in total. The summed E-state index contributed by atoms with van der Waals surface area (Å²) in [6.07, 6.45) is 2.88. The Morgan fingerprint density at radius 2 is 1.79 bits per heavy atom. The predicted octanol–water partition coefficient (Wildman–Crippen LogP) is 1.20. The Balaban J connectivity index is 2.40. The van der Waals surface area contributed by atoms with Crippen LogP contribution in [-0.2, 0) is 4.79 Å². The second-order valence-corrected chi connectivity index (χ2v) is 4.25. The molecular weight excluding hydrogens is 178 g/mol. The van der Waals surface area contributed by atoms with Crippen molar-refractivity contribution in [3.63, 3.8) is 0 Å². The zero-order valence-electron chi connectivity index (χ0n) is 9.25. The monoisotopic (exact) mass is 199 g/mol. The second-order valence-electron chi connectivity index (χ2n) is 4.25. The molecule has 1 saturated heterocycles. The molecular formula is C11H21NO2. The number of hydrogen-bond donors (Lipinski definition) is 1. The van der Waals surface area contributed by atoms with Crippen molar-refractivity contribution in [2.24, 2.45) is 0 Å². The van der Waals surface area contributed by atoms with Gasteiger partial charge in [-0.2, -0.15) is 0 Å². The van der Waals surface area contributed by atoms with E-state index in [1.807, 2.05) is 13.8 Å². The summed E-state index contributed by atoms with van der Waals surface area (Å²) in [5, 5.41) is 10.1. The first-order valence-electron chi connectivity index (χ1n) is 5.56. The minimum Gasteiger partial charge on any atom is -0.389 e. The Morgan fingerprint density at radius 1 is 1.29 bits per heavy atom. The summed E-state index contributed by atoms with van der Waals surface area (Å²) < 4.78 is 0. The minimum absolute atomic E-state index is 0.359. The fourth-order valence-electron chi connectivity index (χ4n) is 1.85. The van der Waals surface area contributed by atoms with E-state index in [2.05, 4.69) is 4.90 Å². The lowest BCUT2D eigenvalue weighted by molar-refractivity contribution is -0.122. The first-order chi connectivity index (χ1) is 6.59. The molecule has 0 aromatic carbocycles. The highest BCUT2D eigenvalue weighted by Crippen LogP contribution is 2.18. The second kappa shape index (κ2) is 4.89. The Labute approximate surface area is 86.1 Å². The molecule has 1 aliphatic heterocycles. The lowest BCUT2D eigenvalue weighted by Crippen LogP contribution is -2.45. The van der Waals surface area contributed by atoms with Crippen LogP contribution in [0.5, 0.6) is 0 Å². The van der Waals surface area contributed by atoms with Gasteiger partial charge in [-0.3, -0.25) is 9.69 Å². The van der Waals surface area contributed by atoms with E-state index in [1.54, 1.807) is 0 Å². The summed E-state index contributed by atoms with van der Waals surface area (Å²) in [5.74, 6) is 0.359. The maximum absolute atomic E-state index is 11.0. The zero-order valence-corrected chi connectivity index (χ0v) is 9.25. The quantitative estimate of drug-likeness (QED) is 0.739.